The molecular formula is C41H52N6O5. The lowest BCUT2D eigenvalue weighted by atomic mass is 9.93. The fraction of sp³-hybridized carbons (Fsp3) is 0.463. The largest absolute Gasteiger partial charge is 0.465 e. The minimum Gasteiger partial charge on any atom is -0.465 e. The van der Waals surface area contributed by atoms with Crippen molar-refractivity contribution >= 4 is 34.1 Å². The van der Waals surface area contributed by atoms with Crippen molar-refractivity contribution in [1.82, 2.24) is 28.5 Å². The predicted molar refractivity (Wildman–Crippen MR) is 204 cm³/mol. The third kappa shape index (κ3) is 7.65. The zero-order valence-electron chi connectivity index (χ0n) is 31.1. The van der Waals surface area contributed by atoms with Gasteiger partial charge in [0.2, 0.25) is 5.91 Å². The number of carbonyl (C=O) groups is 2. The quantitative estimate of drug-likeness (QED) is 0.131. The molecule has 11 nitrogen and oxygen atoms in total. The van der Waals surface area contributed by atoms with Crippen LogP contribution >= 0.6 is 0 Å². The minimum atomic E-state index is -1.06. The Hall–Kier alpha value is -4.90. The summed E-state index contributed by atoms with van der Waals surface area (Å²) in [4.78, 5) is 48.9. The van der Waals surface area contributed by atoms with E-state index >= 15 is 0 Å². The second-order valence-electron chi connectivity index (χ2n) is 14.9. The van der Waals surface area contributed by atoms with E-state index in [1.807, 2.05) is 92.4 Å². The number of benzene rings is 3. The third-order valence-corrected chi connectivity index (χ3v) is 10.2. The van der Waals surface area contributed by atoms with Crippen molar-refractivity contribution in [2.24, 2.45) is 0 Å². The second-order valence-corrected chi connectivity index (χ2v) is 14.9. The number of carboxylic acid groups (broad SMARTS) is 1. The van der Waals surface area contributed by atoms with Gasteiger partial charge in [-0.2, -0.15) is 0 Å². The first-order chi connectivity index (χ1) is 25.0. The number of carbonyl (C=O) groups excluding carboxylic acids is 1. The molecule has 3 heterocycles. The Morgan fingerprint density at radius 2 is 1.65 bits per heavy atom. The molecule has 1 aliphatic heterocycles. The molecule has 3 aromatic carbocycles. The van der Waals surface area contributed by atoms with Crippen molar-refractivity contribution in [2.45, 2.75) is 96.8 Å². The SMILES string of the molecule is CCCn1c(=O)n(-c2ccc(C[C@H](CC(=O)N3CCC[C@@H](c4nc5ccccc5n4CCCOC)C3)N(C(=O)O)C(C)(C)C)cc2)c2ccccc21. The van der Waals surface area contributed by atoms with Crippen LogP contribution in [0.25, 0.3) is 27.8 Å². The van der Waals surface area contributed by atoms with Crippen LogP contribution in [0.4, 0.5) is 4.79 Å². The van der Waals surface area contributed by atoms with E-state index in [1.54, 1.807) is 16.2 Å². The van der Waals surface area contributed by atoms with Crippen LogP contribution in [0, 0.1) is 0 Å². The van der Waals surface area contributed by atoms with Gasteiger partial charge in [0.15, 0.2) is 0 Å². The summed E-state index contributed by atoms with van der Waals surface area (Å²) < 4.78 is 11.1. The number of hydrogen-bond donors (Lipinski definition) is 1. The predicted octanol–water partition coefficient (Wildman–Crippen LogP) is 7.07. The van der Waals surface area contributed by atoms with E-state index in [-0.39, 0.29) is 23.9 Å². The number of amides is 2. The van der Waals surface area contributed by atoms with Gasteiger partial charge in [0.05, 0.1) is 27.8 Å². The summed E-state index contributed by atoms with van der Waals surface area (Å²) in [5.41, 5.74) is 4.58. The van der Waals surface area contributed by atoms with Gasteiger partial charge in [-0.25, -0.2) is 14.6 Å². The second kappa shape index (κ2) is 15.8. The standard InChI is InChI=1S/C41H52N6O5/c1-6-22-45-35-16-9-10-17-36(35)46(39(45)49)31-20-18-29(19-21-31)26-32(47(40(50)51)41(2,3)4)27-37(48)43-23-11-13-30(28-43)38-42-33-14-7-8-15-34(33)44(38)24-12-25-52-5/h7-10,14-21,30,32H,6,11-13,22-28H2,1-5H3,(H,50,51)/t30-,32-/m1/s1. The van der Waals surface area contributed by atoms with Gasteiger partial charge in [0.25, 0.3) is 0 Å². The van der Waals surface area contributed by atoms with Crippen LogP contribution in [0.5, 0.6) is 0 Å². The maximum absolute atomic E-state index is 14.2. The number of para-hydroxylation sites is 4. The molecule has 52 heavy (non-hydrogen) atoms. The van der Waals surface area contributed by atoms with Gasteiger partial charge in [0, 0.05) is 63.8 Å². The summed E-state index contributed by atoms with van der Waals surface area (Å²) in [6, 6.07) is 23.1. The molecule has 1 fully saturated rings. The molecular weight excluding hydrogens is 656 g/mol. The highest BCUT2D eigenvalue weighted by molar-refractivity contribution is 5.79. The van der Waals surface area contributed by atoms with Crippen LogP contribution in [0.1, 0.15) is 77.1 Å². The molecule has 0 radical (unpaired) electrons. The highest BCUT2D eigenvalue weighted by Gasteiger charge is 2.37. The van der Waals surface area contributed by atoms with E-state index in [2.05, 4.69) is 17.6 Å². The fourth-order valence-corrected chi connectivity index (χ4v) is 7.95. The fourth-order valence-electron chi connectivity index (χ4n) is 7.95. The van der Waals surface area contributed by atoms with Gasteiger partial charge in [0.1, 0.15) is 5.82 Å². The zero-order chi connectivity index (χ0) is 37.0. The summed E-state index contributed by atoms with van der Waals surface area (Å²) in [5.74, 6) is 1.01. The highest BCUT2D eigenvalue weighted by Crippen LogP contribution is 2.31. The summed E-state index contributed by atoms with van der Waals surface area (Å²) in [6.07, 6.45) is 2.84. The number of fused-ring (bicyclic) bond motifs is 2. The molecule has 6 rings (SSSR count). The molecule has 0 spiro atoms. The molecule has 0 aliphatic carbocycles. The lowest BCUT2D eigenvalue weighted by Gasteiger charge is -2.41. The Morgan fingerprint density at radius 3 is 2.33 bits per heavy atom. The van der Waals surface area contributed by atoms with Crippen molar-refractivity contribution < 1.29 is 19.4 Å². The maximum Gasteiger partial charge on any atom is 0.408 e. The molecule has 1 aliphatic rings. The average molecular weight is 709 g/mol. The van der Waals surface area contributed by atoms with Crippen molar-refractivity contribution in [1.29, 1.82) is 0 Å². The lowest BCUT2D eigenvalue weighted by molar-refractivity contribution is -0.134. The van der Waals surface area contributed by atoms with E-state index in [0.717, 1.165) is 71.4 Å². The molecule has 0 saturated carbocycles. The zero-order valence-corrected chi connectivity index (χ0v) is 31.1. The van der Waals surface area contributed by atoms with Crippen LogP contribution in [0.2, 0.25) is 0 Å². The normalized spacial score (nSPS) is 15.7. The molecule has 2 atom stereocenters. The minimum absolute atomic E-state index is 0.0563. The number of piperidine rings is 1. The van der Waals surface area contributed by atoms with Crippen LogP contribution in [0.15, 0.2) is 77.6 Å². The first kappa shape index (κ1) is 36.9. The molecule has 2 aromatic heterocycles. The number of methoxy groups -OCH3 is 1. The van der Waals surface area contributed by atoms with Crippen LogP contribution in [-0.2, 0) is 29.0 Å². The Balaban J connectivity index is 1.24. The van der Waals surface area contributed by atoms with Crippen LogP contribution in [0.3, 0.4) is 0 Å². The monoisotopic (exact) mass is 708 g/mol. The number of imidazole rings is 2. The van der Waals surface area contributed by atoms with Gasteiger partial charge in [-0.3, -0.25) is 18.8 Å². The Morgan fingerprint density at radius 1 is 0.962 bits per heavy atom. The summed E-state index contributed by atoms with van der Waals surface area (Å²) in [5, 5.41) is 10.5. The number of likely N-dealkylation sites (tertiary alicyclic amines) is 1. The van der Waals surface area contributed by atoms with Crippen molar-refractivity contribution in [2.75, 3.05) is 26.8 Å². The van der Waals surface area contributed by atoms with E-state index < -0.39 is 17.7 Å². The maximum atomic E-state index is 14.2. The van der Waals surface area contributed by atoms with Crippen molar-refractivity contribution in [3.63, 3.8) is 0 Å². The highest BCUT2D eigenvalue weighted by atomic mass is 16.5. The first-order valence-corrected chi connectivity index (χ1v) is 18.6. The van der Waals surface area contributed by atoms with Crippen molar-refractivity contribution in [3.05, 3.63) is 94.7 Å². The van der Waals surface area contributed by atoms with E-state index in [9.17, 15) is 19.5 Å². The molecule has 2 amide bonds. The Kier molecular flexibility index (Phi) is 11.2. The smallest absolute Gasteiger partial charge is 0.408 e. The molecule has 276 valence electrons. The summed E-state index contributed by atoms with van der Waals surface area (Å²) in [6.45, 7) is 10.9. The number of ether oxygens (including phenoxy) is 1. The number of aryl methyl sites for hydroxylation is 2. The average Bonchev–Trinajstić information content (AvgIpc) is 3.62. The first-order valence-electron chi connectivity index (χ1n) is 18.6. The topological polar surface area (TPSA) is 115 Å². The summed E-state index contributed by atoms with van der Waals surface area (Å²) >= 11 is 0. The van der Waals surface area contributed by atoms with Crippen LogP contribution < -0.4 is 5.69 Å². The van der Waals surface area contributed by atoms with Crippen molar-refractivity contribution in [3.8, 4) is 5.69 Å². The van der Waals surface area contributed by atoms with Gasteiger partial charge in [-0.05, 0) is 94.8 Å². The number of rotatable bonds is 13. The molecule has 1 saturated heterocycles. The Labute approximate surface area is 305 Å². The molecule has 11 heteroatoms. The lowest BCUT2D eigenvalue weighted by Crippen LogP contribution is -2.54. The third-order valence-electron chi connectivity index (χ3n) is 10.2. The van der Waals surface area contributed by atoms with E-state index in [4.69, 9.17) is 9.72 Å². The van der Waals surface area contributed by atoms with E-state index in [0.29, 0.717) is 32.7 Å². The number of hydrogen-bond acceptors (Lipinski definition) is 5. The van der Waals surface area contributed by atoms with Gasteiger partial charge >= 0.3 is 11.8 Å². The van der Waals surface area contributed by atoms with Gasteiger partial charge in [-0.1, -0.05) is 43.3 Å². The molecule has 1 N–H and O–H groups in total. The Bertz CT molecular complexity index is 2070. The number of nitrogens with zero attached hydrogens (tertiary/aromatic N) is 6. The molecule has 0 unspecified atom stereocenters. The van der Waals surface area contributed by atoms with Gasteiger partial charge in [-0.15, -0.1) is 0 Å². The van der Waals surface area contributed by atoms with E-state index in [1.165, 1.54) is 4.90 Å². The van der Waals surface area contributed by atoms with Crippen LogP contribution in [-0.4, -0.2) is 84.0 Å². The molecule has 0 bridgehead atoms. The summed E-state index contributed by atoms with van der Waals surface area (Å²) in [7, 11) is 1.71. The van der Waals surface area contributed by atoms with Gasteiger partial charge < -0.3 is 19.3 Å². The number of aromatic nitrogens is 4. The molecule has 5 aromatic rings.